The van der Waals surface area contributed by atoms with Gasteiger partial charge in [0.2, 0.25) is 0 Å². The number of nitrogens with two attached hydrogens (primary N) is 1. The van der Waals surface area contributed by atoms with Crippen molar-refractivity contribution >= 4 is 33.2 Å². The molecular formula is C29H26N6O8S. The molecule has 226 valence electrons. The van der Waals surface area contributed by atoms with Crippen molar-refractivity contribution in [1.29, 1.82) is 0 Å². The Labute approximate surface area is 250 Å². The third kappa shape index (κ3) is 5.57. The minimum Gasteiger partial charge on any atom is -0.507 e. The lowest BCUT2D eigenvalue weighted by molar-refractivity contribution is -0.0468. The van der Waals surface area contributed by atoms with E-state index in [2.05, 4.69) is 15.0 Å². The number of nitrogens with zero attached hydrogens (tertiary/aromatic N) is 4. The minimum atomic E-state index is -4.69. The first kappa shape index (κ1) is 29.2. The summed E-state index contributed by atoms with van der Waals surface area (Å²) in [4.78, 5) is 25.7. The molecule has 0 aliphatic carbocycles. The standard InChI is InChI=1S/C29H26N6O8S/c30-25-22-27(33-26(32-25)18-11-5-4-10-17(18)16-8-2-1-3-9-16)35(15-31-22)29-24(38)23(37)21(43-29)14-42-44(40,41)34-28(39)19-12-6-7-13-20(19)36/h1-13,15,21,23-24,29,36-38H,14H2,(H,34,39)(H2,30,32,33)/t21-,23-,24-,29-/m1/s1. The normalized spacial score (nSPS) is 20.1. The Morgan fingerprint density at radius 2 is 1.64 bits per heavy atom. The van der Waals surface area contributed by atoms with Crippen molar-refractivity contribution in [3.05, 3.63) is 90.8 Å². The molecule has 0 radical (unpaired) electrons. The number of aromatic nitrogens is 4. The number of amides is 1. The van der Waals surface area contributed by atoms with E-state index in [9.17, 15) is 28.5 Å². The maximum atomic E-state index is 12.4. The SMILES string of the molecule is Nc1nc(-c2ccccc2-c2ccccc2)nc2c1ncn2[C@@H]1O[C@H](COS(=O)(=O)NC(=O)c2ccccc2O)[C@@H](O)[C@H]1O. The van der Waals surface area contributed by atoms with E-state index in [-0.39, 0.29) is 28.4 Å². The van der Waals surface area contributed by atoms with Gasteiger partial charge < -0.3 is 25.8 Å². The lowest BCUT2D eigenvalue weighted by atomic mass is 9.99. The summed E-state index contributed by atoms with van der Waals surface area (Å²) in [5.41, 5.74) is 8.89. The van der Waals surface area contributed by atoms with Crippen LogP contribution in [0.5, 0.6) is 5.75 Å². The molecule has 3 heterocycles. The van der Waals surface area contributed by atoms with Crippen LogP contribution in [0.3, 0.4) is 0 Å². The molecule has 5 aromatic rings. The molecule has 1 fully saturated rings. The highest BCUT2D eigenvalue weighted by Gasteiger charge is 2.45. The number of hydrogen-bond donors (Lipinski definition) is 5. The maximum absolute atomic E-state index is 12.4. The van der Waals surface area contributed by atoms with E-state index < -0.39 is 53.1 Å². The van der Waals surface area contributed by atoms with Crippen LogP contribution in [-0.4, -0.2) is 74.1 Å². The third-order valence-electron chi connectivity index (χ3n) is 7.07. The summed E-state index contributed by atoms with van der Waals surface area (Å²) < 4.78 is 38.5. The summed E-state index contributed by atoms with van der Waals surface area (Å²) in [6, 6.07) is 22.5. The van der Waals surface area contributed by atoms with Crippen LogP contribution in [0.1, 0.15) is 16.6 Å². The second-order valence-electron chi connectivity index (χ2n) is 9.90. The number of rotatable bonds is 8. The van der Waals surface area contributed by atoms with E-state index >= 15 is 0 Å². The number of para-hydroxylation sites is 1. The number of phenols is 1. The summed E-state index contributed by atoms with van der Waals surface area (Å²) in [7, 11) is -4.69. The number of hydrogen-bond acceptors (Lipinski definition) is 12. The molecule has 6 N–H and O–H groups in total. The third-order valence-corrected chi connectivity index (χ3v) is 7.95. The van der Waals surface area contributed by atoms with Gasteiger partial charge in [0.15, 0.2) is 23.5 Å². The number of phenolic OH excluding ortho intramolecular Hbond substituents is 1. The van der Waals surface area contributed by atoms with Crippen LogP contribution in [0.15, 0.2) is 85.2 Å². The number of aliphatic hydroxyl groups is 2. The average molecular weight is 619 g/mol. The van der Waals surface area contributed by atoms with Gasteiger partial charge in [-0.2, -0.15) is 8.42 Å². The van der Waals surface area contributed by atoms with Crippen LogP contribution in [0.2, 0.25) is 0 Å². The van der Waals surface area contributed by atoms with E-state index in [1.165, 1.54) is 35.2 Å². The molecule has 14 nitrogen and oxygen atoms in total. The van der Waals surface area contributed by atoms with Crippen LogP contribution in [0, 0.1) is 0 Å². The Bertz CT molecular complexity index is 1950. The number of aromatic hydroxyl groups is 1. The molecule has 1 aliphatic heterocycles. The van der Waals surface area contributed by atoms with E-state index in [0.717, 1.165) is 11.1 Å². The van der Waals surface area contributed by atoms with E-state index in [4.69, 9.17) is 14.7 Å². The molecule has 1 aliphatic rings. The number of anilines is 1. The van der Waals surface area contributed by atoms with Crippen LogP contribution in [-0.2, 0) is 19.2 Å². The predicted molar refractivity (Wildman–Crippen MR) is 157 cm³/mol. The maximum Gasteiger partial charge on any atom is 0.362 e. The zero-order valence-corrected chi connectivity index (χ0v) is 23.6. The van der Waals surface area contributed by atoms with Crippen molar-refractivity contribution in [1.82, 2.24) is 24.2 Å². The number of nitrogen functional groups attached to an aromatic ring is 1. The monoisotopic (exact) mass is 618 g/mol. The molecule has 0 saturated carbocycles. The fraction of sp³-hybridized carbons (Fsp3) is 0.172. The van der Waals surface area contributed by atoms with Gasteiger partial charge in [-0.3, -0.25) is 13.5 Å². The van der Waals surface area contributed by atoms with Gasteiger partial charge in [0.25, 0.3) is 5.91 Å². The topological polar surface area (TPSA) is 212 Å². The largest absolute Gasteiger partial charge is 0.507 e. The number of ether oxygens (including phenoxy) is 1. The first-order valence-corrected chi connectivity index (χ1v) is 14.7. The van der Waals surface area contributed by atoms with E-state index in [1.54, 1.807) is 4.72 Å². The van der Waals surface area contributed by atoms with Crippen molar-refractivity contribution in [3.8, 4) is 28.3 Å². The smallest absolute Gasteiger partial charge is 0.362 e. The van der Waals surface area contributed by atoms with Crippen LogP contribution < -0.4 is 10.5 Å². The number of fused-ring (bicyclic) bond motifs is 1. The summed E-state index contributed by atoms with van der Waals surface area (Å²) in [6.45, 7) is -0.752. The second-order valence-corrected chi connectivity index (χ2v) is 11.2. The fourth-order valence-electron chi connectivity index (χ4n) is 4.91. The molecule has 1 saturated heterocycles. The van der Waals surface area contributed by atoms with Crippen molar-refractivity contribution in [2.75, 3.05) is 12.3 Å². The van der Waals surface area contributed by atoms with Gasteiger partial charge in [-0.25, -0.2) is 19.7 Å². The molecule has 44 heavy (non-hydrogen) atoms. The first-order chi connectivity index (χ1) is 21.1. The first-order valence-electron chi connectivity index (χ1n) is 13.3. The van der Waals surface area contributed by atoms with Gasteiger partial charge in [0.05, 0.1) is 18.5 Å². The molecule has 1 amide bonds. The predicted octanol–water partition coefficient (Wildman–Crippen LogP) is 1.76. The summed E-state index contributed by atoms with van der Waals surface area (Å²) in [5.74, 6) is -1.19. The number of aliphatic hydroxyl groups excluding tert-OH is 2. The van der Waals surface area contributed by atoms with Crippen molar-refractivity contribution in [2.24, 2.45) is 0 Å². The molecule has 0 unspecified atom stereocenters. The number of carbonyl (C=O) groups excluding carboxylic acids is 1. The lowest BCUT2D eigenvalue weighted by Crippen LogP contribution is -2.37. The summed E-state index contributed by atoms with van der Waals surface area (Å²) in [5, 5.41) is 31.3. The Hall–Kier alpha value is -4.93. The zero-order chi connectivity index (χ0) is 31.0. The van der Waals surface area contributed by atoms with Crippen LogP contribution in [0.4, 0.5) is 5.82 Å². The van der Waals surface area contributed by atoms with Gasteiger partial charge in [-0.1, -0.05) is 66.7 Å². The highest BCUT2D eigenvalue weighted by atomic mass is 32.2. The van der Waals surface area contributed by atoms with Gasteiger partial charge in [-0.05, 0) is 23.3 Å². The molecule has 3 aromatic carbocycles. The van der Waals surface area contributed by atoms with Gasteiger partial charge in [0, 0.05) is 5.56 Å². The van der Waals surface area contributed by atoms with E-state index in [1.807, 2.05) is 54.6 Å². The van der Waals surface area contributed by atoms with Crippen LogP contribution in [0.25, 0.3) is 33.7 Å². The van der Waals surface area contributed by atoms with E-state index in [0.29, 0.717) is 5.56 Å². The van der Waals surface area contributed by atoms with Crippen LogP contribution >= 0.6 is 0 Å². The minimum absolute atomic E-state index is 0.0748. The second kappa shape index (κ2) is 11.6. The summed E-state index contributed by atoms with van der Waals surface area (Å²) >= 11 is 0. The quantitative estimate of drug-likeness (QED) is 0.168. The number of benzene rings is 3. The van der Waals surface area contributed by atoms with Gasteiger partial charge in [-0.15, -0.1) is 0 Å². The number of carbonyl (C=O) groups is 1. The van der Waals surface area contributed by atoms with Crippen molar-refractivity contribution < 1.29 is 37.5 Å². The number of imidazole rings is 1. The molecule has 15 heteroatoms. The zero-order valence-electron chi connectivity index (χ0n) is 22.8. The van der Waals surface area contributed by atoms with Gasteiger partial charge in [0.1, 0.15) is 29.6 Å². The van der Waals surface area contributed by atoms with Crippen molar-refractivity contribution in [2.45, 2.75) is 24.5 Å². The number of nitrogens with one attached hydrogen (secondary N) is 1. The summed E-state index contributed by atoms with van der Waals surface area (Å²) in [6.07, 6.45) is -4.40. The van der Waals surface area contributed by atoms with Gasteiger partial charge >= 0.3 is 10.3 Å². The highest BCUT2D eigenvalue weighted by Crippen LogP contribution is 2.35. The Morgan fingerprint density at radius 1 is 0.955 bits per heavy atom. The van der Waals surface area contributed by atoms with Crippen molar-refractivity contribution in [3.63, 3.8) is 0 Å². The molecule has 2 aromatic heterocycles. The lowest BCUT2D eigenvalue weighted by Gasteiger charge is -2.17. The molecule has 0 bridgehead atoms. The Kier molecular flexibility index (Phi) is 7.71. The Balaban J connectivity index is 1.24. The molecule has 4 atom stereocenters. The molecule has 6 rings (SSSR count). The fourth-order valence-corrected chi connectivity index (χ4v) is 5.62. The molecule has 0 spiro atoms. The molecular weight excluding hydrogens is 592 g/mol. The highest BCUT2D eigenvalue weighted by molar-refractivity contribution is 7.85. The average Bonchev–Trinajstić information content (AvgIpc) is 3.57. The Morgan fingerprint density at radius 3 is 2.39 bits per heavy atom.